The third-order valence-electron chi connectivity index (χ3n) is 1.91. The highest BCUT2D eigenvalue weighted by Crippen LogP contribution is 2.17. The van der Waals surface area contributed by atoms with Crippen molar-refractivity contribution in [2.45, 2.75) is 20.3 Å². The van der Waals surface area contributed by atoms with Crippen molar-refractivity contribution >= 4 is 0 Å². The van der Waals surface area contributed by atoms with Gasteiger partial charge in [0.05, 0.1) is 13.2 Å². The number of methoxy groups -OCH3 is 1. The first-order valence-electron chi connectivity index (χ1n) is 4.39. The molecule has 0 aromatic carbocycles. The second-order valence-electron chi connectivity index (χ2n) is 3.72. The number of hydrogen-bond acceptors (Lipinski definition) is 3. The average molecular weight is 175 g/mol. The fourth-order valence-corrected chi connectivity index (χ4v) is 0.695. The smallest absolute Gasteiger partial charge is 0.0700 e. The second-order valence-corrected chi connectivity index (χ2v) is 3.72. The van der Waals surface area contributed by atoms with E-state index >= 15 is 0 Å². The Balaban J connectivity index is 3.19. The number of ether oxygens (including phenoxy) is 2. The van der Waals surface area contributed by atoms with Gasteiger partial charge in [0.15, 0.2) is 0 Å². The number of rotatable bonds is 7. The standard InChI is InChI=1S/C9H21NO2/c1-9(2,8-10)4-5-12-7-6-11-3/h4-8,10H2,1-3H3. The topological polar surface area (TPSA) is 44.5 Å². The summed E-state index contributed by atoms with van der Waals surface area (Å²) in [5.74, 6) is 0. The summed E-state index contributed by atoms with van der Waals surface area (Å²) in [4.78, 5) is 0. The van der Waals surface area contributed by atoms with Crippen LogP contribution in [0.4, 0.5) is 0 Å². The molecule has 12 heavy (non-hydrogen) atoms. The Morgan fingerprint density at radius 2 is 1.83 bits per heavy atom. The zero-order valence-electron chi connectivity index (χ0n) is 8.43. The minimum atomic E-state index is 0.201. The largest absolute Gasteiger partial charge is 0.382 e. The maximum atomic E-state index is 5.57. The van der Waals surface area contributed by atoms with E-state index in [-0.39, 0.29) is 5.41 Å². The van der Waals surface area contributed by atoms with E-state index in [1.165, 1.54) is 0 Å². The minimum absolute atomic E-state index is 0.201. The van der Waals surface area contributed by atoms with E-state index in [2.05, 4.69) is 13.8 Å². The fraction of sp³-hybridized carbons (Fsp3) is 1.00. The molecule has 0 saturated carbocycles. The molecule has 0 saturated heterocycles. The van der Waals surface area contributed by atoms with Gasteiger partial charge >= 0.3 is 0 Å². The molecule has 0 unspecified atom stereocenters. The van der Waals surface area contributed by atoms with Crippen LogP contribution in [0.2, 0.25) is 0 Å². The van der Waals surface area contributed by atoms with Crippen LogP contribution in [-0.4, -0.2) is 33.5 Å². The molecule has 0 heterocycles. The Morgan fingerprint density at radius 3 is 2.33 bits per heavy atom. The maximum absolute atomic E-state index is 5.57. The van der Waals surface area contributed by atoms with Crippen molar-refractivity contribution < 1.29 is 9.47 Å². The van der Waals surface area contributed by atoms with Gasteiger partial charge in [0.1, 0.15) is 0 Å². The summed E-state index contributed by atoms with van der Waals surface area (Å²) in [6, 6.07) is 0. The van der Waals surface area contributed by atoms with Gasteiger partial charge in [-0.3, -0.25) is 0 Å². The SMILES string of the molecule is COCCOCCC(C)(C)CN. The van der Waals surface area contributed by atoms with Gasteiger partial charge in [0.25, 0.3) is 0 Å². The lowest BCUT2D eigenvalue weighted by Crippen LogP contribution is -2.25. The van der Waals surface area contributed by atoms with Crippen molar-refractivity contribution in [3.63, 3.8) is 0 Å². The molecule has 0 atom stereocenters. The van der Waals surface area contributed by atoms with Gasteiger partial charge in [-0.1, -0.05) is 13.8 Å². The van der Waals surface area contributed by atoms with E-state index in [1.54, 1.807) is 7.11 Å². The summed E-state index contributed by atoms with van der Waals surface area (Å²) >= 11 is 0. The van der Waals surface area contributed by atoms with E-state index < -0.39 is 0 Å². The van der Waals surface area contributed by atoms with Crippen molar-refractivity contribution in [3.05, 3.63) is 0 Å². The molecule has 0 aromatic rings. The van der Waals surface area contributed by atoms with E-state index in [0.717, 1.165) is 13.0 Å². The first-order chi connectivity index (χ1) is 5.62. The Morgan fingerprint density at radius 1 is 1.17 bits per heavy atom. The molecule has 0 rings (SSSR count). The predicted molar refractivity (Wildman–Crippen MR) is 50.1 cm³/mol. The maximum Gasteiger partial charge on any atom is 0.0700 e. The van der Waals surface area contributed by atoms with Gasteiger partial charge in [-0.15, -0.1) is 0 Å². The van der Waals surface area contributed by atoms with Crippen molar-refractivity contribution in [2.24, 2.45) is 11.1 Å². The van der Waals surface area contributed by atoms with Crippen LogP contribution in [0.3, 0.4) is 0 Å². The third-order valence-corrected chi connectivity index (χ3v) is 1.91. The molecule has 74 valence electrons. The van der Waals surface area contributed by atoms with Gasteiger partial charge < -0.3 is 15.2 Å². The monoisotopic (exact) mass is 175 g/mol. The first-order valence-corrected chi connectivity index (χ1v) is 4.39. The lowest BCUT2D eigenvalue weighted by Gasteiger charge is -2.21. The van der Waals surface area contributed by atoms with Crippen LogP contribution in [0.5, 0.6) is 0 Å². The molecule has 0 spiro atoms. The lowest BCUT2D eigenvalue weighted by atomic mass is 9.90. The van der Waals surface area contributed by atoms with Gasteiger partial charge in [-0.25, -0.2) is 0 Å². The van der Waals surface area contributed by atoms with Crippen LogP contribution in [0, 0.1) is 5.41 Å². The predicted octanol–water partition coefficient (Wildman–Crippen LogP) is 1.02. The van der Waals surface area contributed by atoms with Crippen molar-refractivity contribution in [1.29, 1.82) is 0 Å². The molecule has 0 aliphatic heterocycles. The van der Waals surface area contributed by atoms with Crippen LogP contribution in [-0.2, 0) is 9.47 Å². The Kier molecular flexibility index (Phi) is 6.34. The molecular formula is C9H21NO2. The Labute approximate surface area is 75.2 Å². The molecule has 0 fully saturated rings. The third kappa shape index (κ3) is 6.58. The van der Waals surface area contributed by atoms with Crippen LogP contribution >= 0.6 is 0 Å². The lowest BCUT2D eigenvalue weighted by molar-refractivity contribution is 0.0569. The zero-order chi connectivity index (χ0) is 9.45. The van der Waals surface area contributed by atoms with Gasteiger partial charge in [0.2, 0.25) is 0 Å². The first kappa shape index (κ1) is 11.9. The molecule has 0 amide bonds. The van der Waals surface area contributed by atoms with Crippen LogP contribution in [0.15, 0.2) is 0 Å². The minimum Gasteiger partial charge on any atom is -0.382 e. The highest BCUT2D eigenvalue weighted by Gasteiger charge is 2.14. The van der Waals surface area contributed by atoms with E-state index in [1.807, 2.05) is 0 Å². The Bertz CT molecular complexity index is 105. The van der Waals surface area contributed by atoms with Crippen LogP contribution < -0.4 is 5.73 Å². The molecule has 0 radical (unpaired) electrons. The molecular weight excluding hydrogens is 154 g/mol. The molecule has 3 nitrogen and oxygen atoms in total. The van der Waals surface area contributed by atoms with Crippen molar-refractivity contribution in [3.8, 4) is 0 Å². The number of nitrogens with two attached hydrogens (primary N) is 1. The van der Waals surface area contributed by atoms with Crippen molar-refractivity contribution in [2.75, 3.05) is 33.5 Å². The second kappa shape index (κ2) is 6.40. The summed E-state index contributed by atoms with van der Waals surface area (Å²) in [6.45, 7) is 7.12. The molecule has 0 aromatic heterocycles. The van der Waals surface area contributed by atoms with E-state index in [9.17, 15) is 0 Å². The summed E-state index contributed by atoms with van der Waals surface area (Å²) in [5.41, 5.74) is 5.77. The summed E-state index contributed by atoms with van der Waals surface area (Å²) < 4.78 is 10.2. The molecule has 0 aliphatic carbocycles. The van der Waals surface area contributed by atoms with Gasteiger partial charge in [-0.05, 0) is 18.4 Å². The summed E-state index contributed by atoms with van der Waals surface area (Å²) in [5, 5.41) is 0. The summed E-state index contributed by atoms with van der Waals surface area (Å²) in [6.07, 6.45) is 1.01. The normalized spacial score (nSPS) is 12.0. The van der Waals surface area contributed by atoms with Crippen LogP contribution in [0.25, 0.3) is 0 Å². The van der Waals surface area contributed by atoms with Gasteiger partial charge in [-0.2, -0.15) is 0 Å². The fourth-order valence-electron chi connectivity index (χ4n) is 0.695. The average Bonchev–Trinajstić information content (AvgIpc) is 2.04. The Hall–Kier alpha value is -0.120. The zero-order valence-corrected chi connectivity index (χ0v) is 8.43. The molecule has 2 N–H and O–H groups in total. The highest BCUT2D eigenvalue weighted by atomic mass is 16.5. The number of hydrogen-bond donors (Lipinski definition) is 1. The molecule has 3 heteroatoms. The van der Waals surface area contributed by atoms with E-state index in [4.69, 9.17) is 15.2 Å². The van der Waals surface area contributed by atoms with Crippen molar-refractivity contribution in [1.82, 2.24) is 0 Å². The highest BCUT2D eigenvalue weighted by molar-refractivity contribution is 4.68. The van der Waals surface area contributed by atoms with E-state index in [0.29, 0.717) is 19.8 Å². The molecule has 0 aliphatic rings. The van der Waals surface area contributed by atoms with Crippen LogP contribution in [0.1, 0.15) is 20.3 Å². The van der Waals surface area contributed by atoms with Gasteiger partial charge in [0, 0.05) is 13.7 Å². The summed E-state index contributed by atoms with van der Waals surface area (Å²) in [7, 11) is 1.67. The quantitative estimate of drug-likeness (QED) is 0.588. The molecule has 0 bridgehead atoms.